The zero-order chi connectivity index (χ0) is 18.5. The molecule has 0 bridgehead atoms. The second kappa shape index (κ2) is 8.62. The average molecular weight is 394 g/mol. The van der Waals surface area contributed by atoms with Gasteiger partial charge in [0, 0.05) is 17.6 Å². The number of hydrogen-bond donors (Lipinski definition) is 1. The number of nitro groups is 1. The minimum Gasteiger partial charge on any atom is -0.350 e. The molecule has 1 unspecified atom stereocenters. The molecule has 8 heteroatoms. The van der Waals surface area contributed by atoms with Crippen molar-refractivity contribution in [1.82, 2.24) is 10.2 Å². The van der Waals surface area contributed by atoms with Crippen LogP contribution in [0.5, 0.6) is 0 Å². The summed E-state index contributed by atoms with van der Waals surface area (Å²) in [6.45, 7) is 2.39. The molecular weight excluding hydrogens is 374 g/mol. The number of carbonyl (C=O) groups excluding carboxylic acids is 1. The van der Waals surface area contributed by atoms with Crippen molar-refractivity contribution in [2.75, 3.05) is 19.6 Å². The van der Waals surface area contributed by atoms with Crippen molar-refractivity contribution in [2.24, 2.45) is 0 Å². The lowest BCUT2D eigenvalue weighted by molar-refractivity contribution is -0.385. The SMILES string of the molecule is O=C(NCC(c1ccsc1)N1CCCCC1)c1cc(Cl)ccc1[N+](=O)[O-]. The van der Waals surface area contributed by atoms with Gasteiger partial charge in [0.2, 0.25) is 0 Å². The molecule has 6 nitrogen and oxygen atoms in total. The lowest BCUT2D eigenvalue weighted by Crippen LogP contribution is -2.40. The van der Waals surface area contributed by atoms with Crippen LogP contribution in [0.2, 0.25) is 5.02 Å². The quantitative estimate of drug-likeness (QED) is 0.587. The second-order valence-corrected chi connectivity index (χ2v) is 7.51. The van der Waals surface area contributed by atoms with Crippen LogP contribution in [0.1, 0.15) is 41.2 Å². The van der Waals surface area contributed by atoms with Crippen LogP contribution in [0, 0.1) is 10.1 Å². The number of thiophene rings is 1. The van der Waals surface area contributed by atoms with E-state index in [4.69, 9.17) is 11.6 Å². The van der Waals surface area contributed by atoms with E-state index >= 15 is 0 Å². The summed E-state index contributed by atoms with van der Waals surface area (Å²) in [4.78, 5) is 25.6. The maximum Gasteiger partial charge on any atom is 0.282 e. The van der Waals surface area contributed by atoms with Gasteiger partial charge in [-0.1, -0.05) is 18.0 Å². The first-order valence-corrected chi connectivity index (χ1v) is 9.86. The summed E-state index contributed by atoms with van der Waals surface area (Å²) in [6.07, 6.45) is 3.52. The van der Waals surface area contributed by atoms with E-state index in [9.17, 15) is 14.9 Å². The average Bonchev–Trinajstić information content (AvgIpc) is 3.16. The molecule has 138 valence electrons. The molecule has 1 aromatic carbocycles. The Kier molecular flexibility index (Phi) is 6.24. The van der Waals surface area contributed by atoms with Crippen LogP contribution in [-0.2, 0) is 0 Å². The van der Waals surface area contributed by atoms with E-state index in [2.05, 4.69) is 21.7 Å². The number of nitro benzene ring substituents is 1. The Morgan fingerprint density at radius 1 is 1.31 bits per heavy atom. The van der Waals surface area contributed by atoms with Crippen molar-refractivity contribution in [3.8, 4) is 0 Å². The number of benzene rings is 1. The predicted molar refractivity (Wildman–Crippen MR) is 103 cm³/mol. The van der Waals surface area contributed by atoms with Crippen molar-refractivity contribution in [3.05, 3.63) is 61.3 Å². The van der Waals surface area contributed by atoms with Crippen LogP contribution in [0.4, 0.5) is 5.69 Å². The van der Waals surface area contributed by atoms with Gasteiger partial charge in [-0.15, -0.1) is 0 Å². The molecule has 2 aromatic rings. The van der Waals surface area contributed by atoms with Crippen LogP contribution in [0.25, 0.3) is 0 Å². The smallest absolute Gasteiger partial charge is 0.282 e. The van der Waals surface area contributed by atoms with Crippen LogP contribution in [0.3, 0.4) is 0 Å². The van der Waals surface area contributed by atoms with Gasteiger partial charge in [0.15, 0.2) is 0 Å². The number of piperidine rings is 1. The lowest BCUT2D eigenvalue weighted by atomic mass is 10.0. The molecule has 1 atom stereocenters. The summed E-state index contributed by atoms with van der Waals surface area (Å²) in [6, 6.07) is 6.16. The summed E-state index contributed by atoms with van der Waals surface area (Å²) in [5.41, 5.74) is 0.917. The van der Waals surface area contributed by atoms with Gasteiger partial charge in [-0.2, -0.15) is 11.3 Å². The molecule has 1 aliphatic rings. The summed E-state index contributed by atoms with van der Waals surface area (Å²) < 4.78 is 0. The fraction of sp³-hybridized carbons (Fsp3) is 0.389. The van der Waals surface area contributed by atoms with Crippen molar-refractivity contribution in [1.29, 1.82) is 0 Å². The molecular formula is C18H20ClN3O3S. The molecule has 0 aliphatic carbocycles. The number of halogens is 1. The van der Waals surface area contributed by atoms with Gasteiger partial charge < -0.3 is 5.32 Å². The second-order valence-electron chi connectivity index (χ2n) is 6.30. The molecule has 1 N–H and O–H groups in total. The van der Waals surface area contributed by atoms with E-state index in [0.717, 1.165) is 31.5 Å². The molecule has 0 radical (unpaired) electrons. The topological polar surface area (TPSA) is 75.5 Å². The maximum absolute atomic E-state index is 12.6. The highest BCUT2D eigenvalue weighted by molar-refractivity contribution is 7.07. The van der Waals surface area contributed by atoms with Gasteiger partial charge in [-0.25, -0.2) is 0 Å². The highest BCUT2D eigenvalue weighted by Crippen LogP contribution is 2.27. The Bertz CT molecular complexity index is 776. The van der Waals surface area contributed by atoms with E-state index < -0.39 is 10.8 Å². The zero-order valence-corrected chi connectivity index (χ0v) is 15.8. The largest absolute Gasteiger partial charge is 0.350 e. The van der Waals surface area contributed by atoms with Crippen molar-refractivity contribution >= 4 is 34.5 Å². The third kappa shape index (κ3) is 4.41. The number of nitrogens with one attached hydrogen (secondary N) is 1. The molecule has 3 rings (SSSR count). The highest BCUT2D eigenvalue weighted by atomic mass is 35.5. The molecule has 1 aromatic heterocycles. The number of amides is 1. The molecule has 1 saturated heterocycles. The Morgan fingerprint density at radius 3 is 2.73 bits per heavy atom. The third-order valence-electron chi connectivity index (χ3n) is 4.62. The van der Waals surface area contributed by atoms with E-state index in [0.29, 0.717) is 11.6 Å². The minimum absolute atomic E-state index is 0.00906. The first-order valence-electron chi connectivity index (χ1n) is 8.54. The number of likely N-dealkylation sites (tertiary alicyclic amines) is 1. The van der Waals surface area contributed by atoms with Crippen molar-refractivity contribution < 1.29 is 9.72 Å². The third-order valence-corrected chi connectivity index (χ3v) is 5.55. The van der Waals surface area contributed by atoms with Gasteiger partial charge in [0.1, 0.15) is 5.56 Å². The molecule has 2 heterocycles. The molecule has 1 fully saturated rings. The molecule has 0 saturated carbocycles. The molecule has 1 aliphatic heterocycles. The van der Waals surface area contributed by atoms with Crippen LogP contribution in [0.15, 0.2) is 35.0 Å². The maximum atomic E-state index is 12.6. The van der Waals surface area contributed by atoms with E-state index in [-0.39, 0.29) is 17.3 Å². The standard InChI is InChI=1S/C18H20ClN3O3S/c19-14-4-5-16(22(24)25)15(10-14)18(23)20-11-17(13-6-9-26-12-13)21-7-2-1-3-8-21/h4-6,9-10,12,17H,1-3,7-8,11H2,(H,20,23). The summed E-state index contributed by atoms with van der Waals surface area (Å²) in [5.74, 6) is -0.476. The van der Waals surface area contributed by atoms with E-state index in [1.54, 1.807) is 11.3 Å². The lowest BCUT2D eigenvalue weighted by Gasteiger charge is -2.34. The van der Waals surface area contributed by atoms with Crippen LogP contribution in [-0.4, -0.2) is 35.4 Å². The molecule has 26 heavy (non-hydrogen) atoms. The summed E-state index contributed by atoms with van der Waals surface area (Å²) >= 11 is 7.55. The monoisotopic (exact) mass is 393 g/mol. The number of nitrogens with zero attached hydrogens (tertiary/aromatic N) is 2. The van der Waals surface area contributed by atoms with Crippen molar-refractivity contribution in [3.63, 3.8) is 0 Å². The minimum atomic E-state index is -0.563. The first kappa shape index (κ1) is 18.8. The number of hydrogen-bond acceptors (Lipinski definition) is 5. The van der Waals surface area contributed by atoms with Gasteiger partial charge >= 0.3 is 0 Å². The predicted octanol–water partition coefficient (Wildman–Crippen LogP) is 4.27. The fourth-order valence-electron chi connectivity index (χ4n) is 3.29. The van der Waals surface area contributed by atoms with Crippen LogP contribution >= 0.6 is 22.9 Å². The summed E-state index contributed by atoms with van der Waals surface area (Å²) in [5, 5.41) is 18.5. The Hall–Kier alpha value is -1.96. The van der Waals surface area contributed by atoms with E-state index in [1.165, 1.54) is 24.6 Å². The number of carbonyl (C=O) groups is 1. The first-order chi connectivity index (χ1) is 12.6. The fourth-order valence-corrected chi connectivity index (χ4v) is 4.17. The Labute approximate surface area is 160 Å². The number of rotatable bonds is 6. The highest BCUT2D eigenvalue weighted by Gasteiger charge is 2.25. The summed E-state index contributed by atoms with van der Waals surface area (Å²) in [7, 11) is 0. The van der Waals surface area contributed by atoms with Crippen LogP contribution < -0.4 is 5.32 Å². The van der Waals surface area contributed by atoms with Gasteiger partial charge in [-0.3, -0.25) is 19.8 Å². The van der Waals surface area contributed by atoms with E-state index in [1.807, 2.05) is 5.38 Å². The molecule has 0 spiro atoms. The van der Waals surface area contributed by atoms with Gasteiger partial charge in [0.05, 0.1) is 11.0 Å². The van der Waals surface area contributed by atoms with Crippen molar-refractivity contribution in [2.45, 2.75) is 25.3 Å². The Morgan fingerprint density at radius 2 is 2.08 bits per heavy atom. The molecule has 1 amide bonds. The zero-order valence-electron chi connectivity index (χ0n) is 14.2. The normalized spacial score (nSPS) is 16.2. The Balaban J connectivity index is 1.76. The van der Waals surface area contributed by atoms with Gasteiger partial charge in [-0.05, 0) is 60.5 Å². The van der Waals surface area contributed by atoms with Gasteiger partial charge in [0.25, 0.3) is 11.6 Å².